The van der Waals surface area contributed by atoms with Crippen molar-refractivity contribution in [1.29, 1.82) is 0 Å². The molecule has 0 aliphatic carbocycles. The van der Waals surface area contributed by atoms with E-state index in [2.05, 4.69) is 0 Å². The summed E-state index contributed by atoms with van der Waals surface area (Å²) in [7, 11) is 0. The molecule has 0 bridgehead atoms. The van der Waals surface area contributed by atoms with Gasteiger partial charge in [0.1, 0.15) is 5.75 Å². The van der Waals surface area contributed by atoms with E-state index in [0.717, 1.165) is 12.0 Å². The number of carbonyl (C=O) groups excluding carboxylic acids is 1. The molecule has 0 aliphatic heterocycles. The van der Waals surface area contributed by atoms with E-state index >= 15 is 0 Å². The van der Waals surface area contributed by atoms with Crippen molar-refractivity contribution >= 4 is 5.91 Å². The molecule has 4 heteroatoms. The van der Waals surface area contributed by atoms with Crippen molar-refractivity contribution in [3.8, 4) is 5.75 Å². The van der Waals surface area contributed by atoms with Crippen LogP contribution in [0.3, 0.4) is 0 Å². The highest BCUT2D eigenvalue weighted by Gasteiger charge is 2.10. The molecule has 0 spiro atoms. The van der Waals surface area contributed by atoms with Crippen LogP contribution in [0.4, 0.5) is 0 Å². The quantitative estimate of drug-likeness (QED) is 0.756. The minimum atomic E-state index is -0.491. The van der Waals surface area contributed by atoms with Crippen LogP contribution in [0.5, 0.6) is 5.75 Å². The first-order valence-electron chi connectivity index (χ1n) is 4.90. The number of carbonyl (C=O) groups is 1. The van der Waals surface area contributed by atoms with E-state index in [-0.39, 0.29) is 12.6 Å². The van der Waals surface area contributed by atoms with Crippen molar-refractivity contribution in [2.75, 3.05) is 6.61 Å². The molecule has 0 fully saturated rings. The lowest BCUT2D eigenvalue weighted by Crippen LogP contribution is -2.21. The number of primary amides is 1. The Bertz CT molecular complexity index is 339. The van der Waals surface area contributed by atoms with Gasteiger partial charge < -0.3 is 16.2 Å². The number of amides is 1. The summed E-state index contributed by atoms with van der Waals surface area (Å²) in [6.45, 7) is 1.88. The second-order valence-electron chi connectivity index (χ2n) is 3.31. The summed E-state index contributed by atoms with van der Waals surface area (Å²) in [6.07, 6.45) is 0.816. The molecule has 0 saturated carbocycles. The molecule has 0 saturated heterocycles. The zero-order valence-corrected chi connectivity index (χ0v) is 8.77. The maximum Gasteiger partial charge on any atom is 0.255 e. The van der Waals surface area contributed by atoms with Crippen molar-refractivity contribution < 1.29 is 9.53 Å². The summed E-state index contributed by atoms with van der Waals surface area (Å²) in [5, 5.41) is 0. The smallest absolute Gasteiger partial charge is 0.255 e. The molecule has 1 aromatic carbocycles. The lowest BCUT2D eigenvalue weighted by Gasteiger charge is -2.14. The molecule has 4 N–H and O–H groups in total. The molecule has 4 nitrogen and oxygen atoms in total. The Morgan fingerprint density at radius 3 is 2.73 bits per heavy atom. The molecule has 0 radical (unpaired) electrons. The lowest BCUT2D eigenvalue weighted by molar-refractivity contribution is -0.119. The van der Waals surface area contributed by atoms with Gasteiger partial charge in [-0.05, 0) is 12.5 Å². The predicted molar refractivity (Wildman–Crippen MR) is 58.4 cm³/mol. The van der Waals surface area contributed by atoms with Crippen LogP contribution in [-0.4, -0.2) is 12.5 Å². The summed E-state index contributed by atoms with van der Waals surface area (Å²) in [6, 6.07) is 7.33. The van der Waals surface area contributed by atoms with Gasteiger partial charge in [0.05, 0.1) is 0 Å². The fourth-order valence-electron chi connectivity index (χ4n) is 1.29. The molecule has 1 aromatic rings. The molecule has 0 unspecified atom stereocenters. The molecule has 1 atom stereocenters. The first-order chi connectivity index (χ1) is 7.15. The molecule has 0 heterocycles. The first kappa shape index (κ1) is 11.5. The number of benzene rings is 1. The molecule has 0 aliphatic rings. The van der Waals surface area contributed by atoms with Crippen molar-refractivity contribution in [3.05, 3.63) is 29.8 Å². The number of hydrogen-bond acceptors (Lipinski definition) is 3. The Balaban J connectivity index is 2.81. The minimum Gasteiger partial charge on any atom is -0.483 e. The Morgan fingerprint density at radius 2 is 2.13 bits per heavy atom. The lowest BCUT2D eigenvalue weighted by atomic mass is 10.0. The number of ether oxygens (including phenoxy) is 1. The van der Waals surface area contributed by atoms with Gasteiger partial charge in [0, 0.05) is 11.6 Å². The van der Waals surface area contributed by atoms with Gasteiger partial charge in [0.25, 0.3) is 5.91 Å². The number of hydrogen-bond donors (Lipinski definition) is 2. The van der Waals surface area contributed by atoms with Crippen LogP contribution < -0.4 is 16.2 Å². The Hall–Kier alpha value is -1.55. The van der Waals surface area contributed by atoms with E-state index in [9.17, 15) is 4.79 Å². The van der Waals surface area contributed by atoms with Crippen LogP contribution in [0.15, 0.2) is 24.3 Å². The summed E-state index contributed by atoms with van der Waals surface area (Å²) in [4.78, 5) is 10.6. The largest absolute Gasteiger partial charge is 0.483 e. The third kappa shape index (κ3) is 3.25. The summed E-state index contributed by atoms with van der Waals surface area (Å²) >= 11 is 0. The highest BCUT2D eigenvalue weighted by Crippen LogP contribution is 2.25. The third-order valence-corrected chi connectivity index (χ3v) is 2.13. The third-order valence-electron chi connectivity index (χ3n) is 2.13. The number of nitrogens with two attached hydrogens (primary N) is 2. The van der Waals surface area contributed by atoms with Crippen LogP contribution in [0.2, 0.25) is 0 Å². The molecule has 1 rings (SSSR count). The van der Waals surface area contributed by atoms with E-state index in [1.165, 1.54) is 0 Å². The number of para-hydroxylation sites is 1. The Morgan fingerprint density at radius 1 is 1.47 bits per heavy atom. The van der Waals surface area contributed by atoms with Gasteiger partial charge in [-0.15, -0.1) is 0 Å². The van der Waals surface area contributed by atoms with Gasteiger partial charge in [-0.1, -0.05) is 25.1 Å². The zero-order chi connectivity index (χ0) is 11.3. The van der Waals surface area contributed by atoms with Crippen LogP contribution in [0.25, 0.3) is 0 Å². The van der Waals surface area contributed by atoms with Gasteiger partial charge in [-0.25, -0.2) is 0 Å². The predicted octanol–water partition coefficient (Wildman–Crippen LogP) is 0.961. The minimum absolute atomic E-state index is 0.0749. The average molecular weight is 208 g/mol. The van der Waals surface area contributed by atoms with Crippen LogP contribution in [0.1, 0.15) is 24.9 Å². The van der Waals surface area contributed by atoms with Gasteiger partial charge in [-0.3, -0.25) is 4.79 Å². The highest BCUT2D eigenvalue weighted by atomic mass is 16.5. The van der Waals surface area contributed by atoms with E-state index in [4.69, 9.17) is 16.2 Å². The maximum atomic E-state index is 10.6. The summed E-state index contributed by atoms with van der Waals surface area (Å²) < 4.78 is 5.27. The Labute approximate surface area is 89.2 Å². The highest BCUT2D eigenvalue weighted by molar-refractivity contribution is 5.75. The van der Waals surface area contributed by atoms with Gasteiger partial charge in [0.15, 0.2) is 6.61 Å². The fraction of sp³-hybridized carbons (Fsp3) is 0.364. The van der Waals surface area contributed by atoms with Gasteiger partial charge in [0.2, 0.25) is 0 Å². The zero-order valence-electron chi connectivity index (χ0n) is 8.77. The topological polar surface area (TPSA) is 78.3 Å². The van der Waals surface area contributed by atoms with Crippen LogP contribution in [0, 0.1) is 0 Å². The van der Waals surface area contributed by atoms with Crippen molar-refractivity contribution in [2.24, 2.45) is 11.5 Å². The molecule has 82 valence electrons. The molecule has 1 amide bonds. The van der Waals surface area contributed by atoms with Gasteiger partial charge in [-0.2, -0.15) is 0 Å². The average Bonchev–Trinajstić information content (AvgIpc) is 2.25. The van der Waals surface area contributed by atoms with Crippen LogP contribution >= 0.6 is 0 Å². The van der Waals surface area contributed by atoms with Crippen LogP contribution in [-0.2, 0) is 4.79 Å². The molecular formula is C11H16N2O2. The molecule has 15 heavy (non-hydrogen) atoms. The van der Waals surface area contributed by atoms with Crippen molar-refractivity contribution in [1.82, 2.24) is 0 Å². The van der Waals surface area contributed by atoms with E-state index in [1.54, 1.807) is 6.07 Å². The fourth-order valence-corrected chi connectivity index (χ4v) is 1.29. The monoisotopic (exact) mass is 208 g/mol. The maximum absolute atomic E-state index is 10.6. The van der Waals surface area contributed by atoms with E-state index in [1.807, 2.05) is 25.1 Å². The normalized spacial score (nSPS) is 12.1. The molecule has 0 aromatic heterocycles. The van der Waals surface area contributed by atoms with E-state index in [0.29, 0.717) is 5.75 Å². The molecular weight excluding hydrogens is 192 g/mol. The van der Waals surface area contributed by atoms with Crippen molar-refractivity contribution in [3.63, 3.8) is 0 Å². The second kappa shape index (κ2) is 5.36. The second-order valence-corrected chi connectivity index (χ2v) is 3.31. The summed E-state index contributed by atoms with van der Waals surface area (Å²) in [5.41, 5.74) is 11.8. The van der Waals surface area contributed by atoms with E-state index < -0.39 is 5.91 Å². The standard InChI is InChI=1S/C11H16N2O2/c1-2-9(12)8-5-3-4-6-10(8)15-7-11(13)14/h3-6,9H,2,7,12H2,1H3,(H2,13,14)/t9-/m1/s1. The first-order valence-corrected chi connectivity index (χ1v) is 4.90. The Kier molecular flexibility index (Phi) is 4.12. The van der Waals surface area contributed by atoms with Gasteiger partial charge >= 0.3 is 0 Å². The SMILES string of the molecule is CC[C@@H](N)c1ccccc1OCC(N)=O. The number of rotatable bonds is 5. The summed E-state index contributed by atoms with van der Waals surface area (Å²) in [5.74, 6) is 0.139. The van der Waals surface area contributed by atoms with Crippen molar-refractivity contribution in [2.45, 2.75) is 19.4 Å².